The molecule has 72 valence electrons. The lowest BCUT2D eigenvalue weighted by Gasteiger charge is -2.07. The molecule has 0 aliphatic heterocycles. The molecule has 1 nitrogen and oxygen atoms in total. The third kappa shape index (κ3) is 3.19. The summed E-state index contributed by atoms with van der Waals surface area (Å²) in [5, 5.41) is 0. The normalized spacial score (nSPS) is 10.8. The van der Waals surface area contributed by atoms with Crippen LogP contribution >= 0.6 is 0 Å². The number of hydrogen-bond donors (Lipinski definition) is 0. The molecule has 0 radical (unpaired) electrons. The zero-order valence-corrected chi connectivity index (χ0v) is 8.71. The Balaban J connectivity index is 2.68. The molecule has 0 saturated heterocycles. The van der Waals surface area contributed by atoms with Gasteiger partial charge in [-0.05, 0) is 24.0 Å². The molecule has 0 spiro atoms. The molecule has 0 atom stereocenters. The first kappa shape index (κ1) is 10.3. The SMILES string of the molecule is CCOCc1cccc(C(C)C)c1. The molecule has 0 aliphatic carbocycles. The Morgan fingerprint density at radius 1 is 1.31 bits per heavy atom. The van der Waals surface area contributed by atoms with Crippen LogP contribution in [0.4, 0.5) is 0 Å². The minimum Gasteiger partial charge on any atom is -0.377 e. The molecule has 0 amide bonds. The van der Waals surface area contributed by atoms with Crippen molar-refractivity contribution < 1.29 is 4.74 Å². The Morgan fingerprint density at radius 3 is 2.69 bits per heavy atom. The van der Waals surface area contributed by atoms with E-state index in [2.05, 4.69) is 38.1 Å². The molecular weight excluding hydrogens is 160 g/mol. The molecule has 13 heavy (non-hydrogen) atoms. The highest BCUT2D eigenvalue weighted by Crippen LogP contribution is 2.15. The molecule has 1 heteroatoms. The van der Waals surface area contributed by atoms with E-state index in [-0.39, 0.29) is 0 Å². The fourth-order valence-electron chi connectivity index (χ4n) is 1.26. The van der Waals surface area contributed by atoms with Gasteiger partial charge in [-0.1, -0.05) is 38.1 Å². The first-order valence-corrected chi connectivity index (χ1v) is 4.90. The average Bonchev–Trinajstić information content (AvgIpc) is 2.15. The van der Waals surface area contributed by atoms with Crippen molar-refractivity contribution in [3.8, 4) is 0 Å². The van der Waals surface area contributed by atoms with Gasteiger partial charge in [-0.25, -0.2) is 0 Å². The van der Waals surface area contributed by atoms with Crippen LogP contribution in [0.2, 0.25) is 0 Å². The largest absolute Gasteiger partial charge is 0.377 e. The van der Waals surface area contributed by atoms with Gasteiger partial charge in [0.2, 0.25) is 0 Å². The minimum atomic E-state index is 0.599. The predicted octanol–water partition coefficient (Wildman–Crippen LogP) is 3.35. The van der Waals surface area contributed by atoms with E-state index < -0.39 is 0 Å². The topological polar surface area (TPSA) is 9.23 Å². The van der Waals surface area contributed by atoms with Crippen molar-refractivity contribution in [1.82, 2.24) is 0 Å². The molecular formula is C12H18O. The van der Waals surface area contributed by atoms with E-state index in [1.807, 2.05) is 6.92 Å². The van der Waals surface area contributed by atoms with Gasteiger partial charge >= 0.3 is 0 Å². The average molecular weight is 178 g/mol. The highest BCUT2D eigenvalue weighted by atomic mass is 16.5. The third-order valence-corrected chi connectivity index (χ3v) is 2.09. The van der Waals surface area contributed by atoms with E-state index in [1.165, 1.54) is 11.1 Å². The molecule has 0 aromatic heterocycles. The van der Waals surface area contributed by atoms with E-state index in [9.17, 15) is 0 Å². The fraction of sp³-hybridized carbons (Fsp3) is 0.500. The summed E-state index contributed by atoms with van der Waals surface area (Å²) >= 11 is 0. The van der Waals surface area contributed by atoms with Gasteiger partial charge in [-0.2, -0.15) is 0 Å². The number of hydrogen-bond acceptors (Lipinski definition) is 1. The van der Waals surface area contributed by atoms with Crippen LogP contribution in [0.5, 0.6) is 0 Å². The van der Waals surface area contributed by atoms with Gasteiger partial charge < -0.3 is 4.74 Å². The maximum atomic E-state index is 5.35. The fourth-order valence-corrected chi connectivity index (χ4v) is 1.26. The van der Waals surface area contributed by atoms with Crippen LogP contribution in [0.3, 0.4) is 0 Å². The zero-order valence-electron chi connectivity index (χ0n) is 8.71. The molecule has 0 heterocycles. The molecule has 1 aromatic carbocycles. The van der Waals surface area contributed by atoms with Crippen molar-refractivity contribution >= 4 is 0 Å². The highest BCUT2D eigenvalue weighted by molar-refractivity contribution is 5.25. The lowest BCUT2D eigenvalue weighted by atomic mass is 10.0. The molecule has 0 N–H and O–H groups in total. The van der Waals surface area contributed by atoms with Gasteiger partial charge in [0.05, 0.1) is 6.61 Å². The molecule has 0 bridgehead atoms. The third-order valence-electron chi connectivity index (χ3n) is 2.09. The van der Waals surface area contributed by atoms with Gasteiger partial charge in [-0.15, -0.1) is 0 Å². The number of ether oxygens (including phenoxy) is 1. The van der Waals surface area contributed by atoms with E-state index in [0.29, 0.717) is 5.92 Å². The molecule has 1 aromatic rings. The number of benzene rings is 1. The Hall–Kier alpha value is -0.820. The van der Waals surface area contributed by atoms with E-state index in [0.717, 1.165) is 13.2 Å². The van der Waals surface area contributed by atoms with Gasteiger partial charge in [-0.3, -0.25) is 0 Å². The summed E-state index contributed by atoms with van der Waals surface area (Å²) in [6.45, 7) is 7.95. The van der Waals surface area contributed by atoms with Crippen molar-refractivity contribution in [2.24, 2.45) is 0 Å². The van der Waals surface area contributed by atoms with Crippen LogP contribution in [0.15, 0.2) is 24.3 Å². The molecule has 1 rings (SSSR count). The van der Waals surface area contributed by atoms with E-state index in [4.69, 9.17) is 4.74 Å². The Kier molecular flexibility index (Phi) is 3.97. The molecule has 0 fully saturated rings. The van der Waals surface area contributed by atoms with Crippen LogP contribution in [-0.2, 0) is 11.3 Å². The molecule has 0 unspecified atom stereocenters. The van der Waals surface area contributed by atoms with Crippen molar-refractivity contribution in [3.63, 3.8) is 0 Å². The summed E-state index contributed by atoms with van der Waals surface area (Å²) in [5.41, 5.74) is 2.66. The van der Waals surface area contributed by atoms with Gasteiger partial charge in [0.1, 0.15) is 0 Å². The standard InChI is InChI=1S/C12H18O/c1-4-13-9-11-6-5-7-12(8-11)10(2)3/h5-8,10H,4,9H2,1-3H3. The number of rotatable bonds is 4. The van der Waals surface area contributed by atoms with Gasteiger partial charge in [0, 0.05) is 6.61 Å². The molecule has 0 saturated carbocycles. The Morgan fingerprint density at radius 2 is 2.08 bits per heavy atom. The van der Waals surface area contributed by atoms with Crippen LogP contribution in [-0.4, -0.2) is 6.61 Å². The summed E-state index contributed by atoms with van der Waals surface area (Å²) in [7, 11) is 0. The van der Waals surface area contributed by atoms with Crippen molar-refractivity contribution in [3.05, 3.63) is 35.4 Å². The Labute approximate surface area is 80.7 Å². The lowest BCUT2D eigenvalue weighted by molar-refractivity contribution is 0.134. The Bertz CT molecular complexity index is 253. The maximum Gasteiger partial charge on any atom is 0.0716 e. The summed E-state index contributed by atoms with van der Waals surface area (Å²) in [5.74, 6) is 0.599. The smallest absolute Gasteiger partial charge is 0.0716 e. The first-order chi connectivity index (χ1) is 6.24. The minimum absolute atomic E-state index is 0.599. The van der Waals surface area contributed by atoms with E-state index in [1.54, 1.807) is 0 Å². The zero-order chi connectivity index (χ0) is 9.68. The maximum absolute atomic E-state index is 5.35. The van der Waals surface area contributed by atoms with Gasteiger partial charge in [0.25, 0.3) is 0 Å². The quantitative estimate of drug-likeness (QED) is 0.687. The predicted molar refractivity (Wildman–Crippen MR) is 55.9 cm³/mol. The van der Waals surface area contributed by atoms with Gasteiger partial charge in [0.15, 0.2) is 0 Å². The van der Waals surface area contributed by atoms with E-state index >= 15 is 0 Å². The second kappa shape index (κ2) is 5.03. The van der Waals surface area contributed by atoms with Crippen LogP contribution in [0.25, 0.3) is 0 Å². The summed E-state index contributed by atoms with van der Waals surface area (Å²) < 4.78 is 5.35. The molecule has 0 aliphatic rings. The van der Waals surface area contributed by atoms with Crippen LogP contribution < -0.4 is 0 Å². The second-order valence-electron chi connectivity index (χ2n) is 3.54. The summed E-state index contributed by atoms with van der Waals surface area (Å²) in [6, 6.07) is 8.60. The summed E-state index contributed by atoms with van der Waals surface area (Å²) in [6.07, 6.45) is 0. The van der Waals surface area contributed by atoms with Crippen LogP contribution in [0, 0.1) is 0 Å². The summed E-state index contributed by atoms with van der Waals surface area (Å²) in [4.78, 5) is 0. The van der Waals surface area contributed by atoms with Crippen LogP contribution in [0.1, 0.15) is 37.8 Å². The van der Waals surface area contributed by atoms with Crippen molar-refractivity contribution in [1.29, 1.82) is 0 Å². The highest BCUT2D eigenvalue weighted by Gasteiger charge is 1.99. The second-order valence-corrected chi connectivity index (χ2v) is 3.54. The monoisotopic (exact) mass is 178 g/mol. The van der Waals surface area contributed by atoms with Crippen molar-refractivity contribution in [2.75, 3.05) is 6.61 Å². The van der Waals surface area contributed by atoms with Crippen molar-refractivity contribution in [2.45, 2.75) is 33.3 Å². The lowest BCUT2D eigenvalue weighted by Crippen LogP contribution is -1.94. The first-order valence-electron chi connectivity index (χ1n) is 4.90.